The highest BCUT2D eigenvalue weighted by Crippen LogP contribution is 2.36. The van der Waals surface area contributed by atoms with Crippen LogP contribution in [0.5, 0.6) is 11.5 Å². The number of rotatable bonds is 11. The monoisotopic (exact) mass is 668 g/mol. The van der Waals surface area contributed by atoms with E-state index in [1.807, 2.05) is 55.1 Å². The van der Waals surface area contributed by atoms with Crippen molar-refractivity contribution in [1.82, 2.24) is 14.8 Å². The van der Waals surface area contributed by atoms with Gasteiger partial charge in [-0.15, -0.1) is 0 Å². The molecule has 0 bridgehead atoms. The van der Waals surface area contributed by atoms with E-state index in [2.05, 4.69) is 11.1 Å². The smallest absolute Gasteiger partial charge is 0.323 e. The van der Waals surface area contributed by atoms with E-state index in [1.165, 1.54) is 6.20 Å². The van der Waals surface area contributed by atoms with E-state index in [9.17, 15) is 20.0 Å². The van der Waals surface area contributed by atoms with E-state index in [4.69, 9.17) is 25.8 Å². The predicted octanol–water partition coefficient (Wildman–Crippen LogP) is 6.04. The Morgan fingerprint density at radius 2 is 1.75 bits per heavy atom. The van der Waals surface area contributed by atoms with Crippen LogP contribution < -0.4 is 9.47 Å². The number of amides is 1. The minimum atomic E-state index is -0.966. The number of halogens is 1. The number of ether oxygens (including phenoxy) is 3. The number of hydrogen-bond acceptors (Lipinski definition) is 8. The second-order valence-electron chi connectivity index (χ2n) is 11.8. The molecular formula is C37H37ClN4O6. The fourth-order valence-electron chi connectivity index (χ4n) is 5.69. The van der Waals surface area contributed by atoms with Crippen molar-refractivity contribution in [2.75, 3.05) is 33.9 Å². The van der Waals surface area contributed by atoms with Crippen molar-refractivity contribution >= 4 is 23.5 Å². The van der Waals surface area contributed by atoms with Crippen LogP contribution in [0.2, 0.25) is 5.02 Å². The Kier molecular flexibility index (Phi) is 11.0. The van der Waals surface area contributed by atoms with Gasteiger partial charge in [0.15, 0.2) is 0 Å². The number of aromatic nitrogens is 1. The minimum absolute atomic E-state index is 0.0521. The third-order valence-corrected chi connectivity index (χ3v) is 8.72. The Bertz CT molecular complexity index is 1870. The molecule has 1 aliphatic heterocycles. The third-order valence-electron chi connectivity index (χ3n) is 8.42. The second kappa shape index (κ2) is 15.3. The molecule has 3 aromatic carbocycles. The largest absolute Gasteiger partial charge is 0.488 e. The molecule has 4 aromatic rings. The molecule has 11 heteroatoms. The summed E-state index contributed by atoms with van der Waals surface area (Å²) in [6.45, 7) is 5.52. The number of carbonyl (C=O) groups is 2. The number of carboxylic acids is 1. The maximum absolute atomic E-state index is 12.8. The van der Waals surface area contributed by atoms with Crippen molar-refractivity contribution in [2.45, 2.75) is 39.6 Å². The lowest BCUT2D eigenvalue weighted by Gasteiger charge is -2.33. The van der Waals surface area contributed by atoms with Crippen LogP contribution in [-0.4, -0.2) is 71.7 Å². The highest BCUT2D eigenvalue weighted by atomic mass is 35.5. The molecule has 0 spiro atoms. The summed E-state index contributed by atoms with van der Waals surface area (Å²) in [7, 11) is 3.48. The maximum atomic E-state index is 12.8. The number of benzene rings is 3. The second-order valence-corrected chi connectivity index (χ2v) is 12.2. The van der Waals surface area contributed by atoms with Crippen molar-refractivity contribution in [3.05, 3.63) is 111 Å². The Hall–Kier alpha value is -4.95. The number of morpholine rings is 1. The van der Waals surface area contributed by atoms with Gasteiger partial charge in [0, 0.05) is 62.3 Å². The molecule has 1 N–H and O–H groups in total. The maximum Gasteiger partial charge on any atom is 0.323 e. The van der Waals surface area contributed by atoms with E-state index in [0.29, 0.717) is 51.9 Å². The van der Waals surface area contributed by atoms with Gasteiger partial charge in [0.05, 0.1) is 23.8 Å². The summed E-state index contributed by atoms with van der Waals surface area (Å²) in [6, 6.07) is 18.2. The number of hydrogen-bond donors (Lipinski definition) is 1. The number of nitrogens with zero attached hydrogens (tertiary/aromatic N) is 4. The number of aliphatic carboxylic acids is 1. The lowest BCUT2D eigenvalue weighted by molar-refractivity contribution is -0.150. The first-order valence-corrected chi connectivity index (χ1v) is 15.8. The average Bonchev–Trinajstić information content (AvgIpc) is 3.08. The van der Waals surface area contributed by atoms with Gasteiger partial charge >= 0.3 is 5.97 Å². The van der Waals surface area contributed by atoms with Gasteiger partial charge in [0.2, 0.25) is 0 Å². The van der Waals surface area contributed by atoms with Crippen molar-refractivity contribution in [1.29, 1.82) is 5.26 Å². The van der Waals surface area contributed by atoms with Crippen LogP contribution in [0.1, 0.15) is 43.7 Å². The van der Waals surface area contributed by atoms with Gasteiger partial charge in [-0.3, -0.25) is 19.5 Å². The fourth-order valence-corrected chi connectivity index (χ4v) is 5.93. The Labute approximate surface area is 285 Å². The Morgan fingerprint density at radius 3 is 2.48 bits per heavy atom. The summed E-state index contributed by atoms with van der Waals surface area (Å²) in [5.41, 5.74) is 7.28. The van der Waals surface area contributed by atoms with E-state index in [1.54, 1.807) is 43.4 Å². The van der Waals surface area contributed by atoms with Crippen molar-refractivity contribution in [3.8, 4) is 28.7 Å². The number of nitriles is 1. The molecule has 1 saturated heterocycles. The molecular weight excluding hydrogens is 632 g/mol. The first-order chi connectivity index (χ1) is 23.1. The molecule has 5 rings (SSSR count). The molecule has 1 fully saturated rings. The molecule has 0 aliphatic carbocycles. The average molecular weight is 669 g/mol. The van der Waals surface area contributed by atoms with Crippen LogP contribution in [-0.2, 0) is 29.3 Å². The summed E-state index contributed by atoms with van der Waals surface area (Å²) in [5.74, 6) is -0.151. The lowest BCUT2D eigenvalue weighted by Crippen LogP contribution is -2.49. The summed E-state index contributed by atoms with van der Waals surface area (Å²) in [6.07, 6.45) is 3.10. The van der Waals surface area contributed by atoms with Crippen LogP contribution in [0, 0.1) is 25.2 Å². The first-order valence-electron chi connectivity index (χ1n) is 15.4. The zero-order chi connectivity index (χ0) is 34.4. The highest BCUT2D eigenvalue weighted by molar-refractivity contribution is 6.32. The highest BCUT2D eigenvalue weighted by Gasteiger charge is 2.30. The zero-order valence-corrected chi connectivity index (χ0v) is 28.1. The predicted molar refractivity (Wildman–Crippen MR) is 181 cm³/mol. The van der Waals surface area contributed by atoms with Crippen molar-refractivity contribution < 1.29 is 28.9 Å². The fraction of sp³-hybridized carbons (Fsp3) is 0.297. The molecule has 10 nitrogen and oxygen atoms in total. The molecule has 48 heavy (non-hydrogen) atoms. The standard InChI is InChI=1S/C37H37ClN4O6/c1-23-27(7-5-8-29(23)30-9-6-10-31(24(30)2)36(43)41(3)4)21-48-35-15-34(47-20-26-13-25(16-39)17-40-18-26)28(14-32(35)38)19-42-11-12-46-22-33(42)37(44)45/h5-10,13-15,17-18,33H,11-12,19-22H2,1-4H3,(H,44,45). The van der Waals surface area contributed by atoms with E-state index in [-0.39, 0.29) is 32.3 Å². The van der Waals surface area contributed by atoms with E-state index in [0.717, 1.165) is 27.8 Å². The molecule has 0 radical (unpaired) electrons. The first kappa shape index (κ1) is 34.4. The Balaban J connectivity index is 1.43. The van der Waals surface area contributed by atoms with Gasteiger partial charge in [-0.1, -0.05) is 41.9 Å². The molecule has 2 heterocycles. The zero-order valence-electron chi connectivity index (χ0n) is 27.3. The normalized spacial score (nSPS) is 14.6. The van der Waals surface area contributed by atoms with Crippen LogP contribution >= 0.6 is 11.6 Å². The SMILES string of the molecule is Cc1c(COc2cc(OCc3cncc(C#N)c3)c(CN3CCOCC3C(=O)O)cc2Cl)cccc1-c1cccc(C(=O)N(C)C)c1C. The molecule has 1 atom stereocenters. The van der Waals surface area contributed by atoms with Crippen molar-refractivity contribution in [2.24, 2.45) is 0 Å². The van der Waals surface area contributed by atoms with Crippen LogP contribution in [0.15, 0.2) is 67.0 Å². The van der Waals surface area contributed by atoms with Crippen LogP contribution in [0.4, 0.5) is 0 Å². The minimum Gasteiger partial charge on any atom is -0.488 e. The number of pyridine rings is 1. The van der Waals surface area contributed by atoms with Gasteiger partial charge in [0.25, 0.3) is 5.91 Å². The third kappa shape index (κ3) is 7.77. The van der Waals surface area contributed by atoms with E-state index >= 15 is 0 Å². The molecule has 1 aromatic heterocycles. The van der Waals surface area contributed by atoms with Gasteiger partial charge < -0.3 is 24.2 Å². The molecule has 248 valence electrons. The van der Waals surface area contributed by atoms with Crippen molar-refractivity contribution in [3.63, 3.8) is 0 Å². The molecule has 0 saturated carbocycles. The van der Waals surface area contributed by atoms with Gasteiger partial charge in [-0.25, -0.2) is 0 Å². The van der Waals surface area contributed by atoms with Gasteiger partial charge in [-0.05, 0) is 59.9 Å². The molecule has 1 amide bonds. The summed E-state index contributed by atoms with van der Waals surface area (Å²) in [5, 5.41) is 19.4. The van der Waals surface area contributed by atoms with Gasteiger partial charge in [0.1, 0.15) is 36.8 Å². The topological polar surface area (TPSA) is 125 Å². The van der Waals surface area contributed by atoms with Gasteiger partial charge in [-0.2, -0.15) is 5.26 Å². The number of carboxylic acid groups (broad SMARTS) is 1. The quantitative estimate of drug-likeness (QED) is 0.204. The Morgan fingerprint density at radius 1 is 1.02 bits per heavy atom. The molecule has 1 unspecified atom stereocenters. The summed E-state index contributed by atoms with van der Waals surface area (Å²) >= 11 is 6.78. The van der Waals surface area contributed by atoms with Crippen LogP contribution in [0.25, 0.3) is 11.1 Å². The van der Waals surface area contributed by atoms with Crippen LogP contribution in [0.3, 0.4) is 0 Å². The molecule has 1 aliphatic rings. The number of carbonyl (C=O) groups excluding carboxylic acids is 1. The summed E-state index contributed by atoms with van der Waals surface area (Å²) < 4.78 is 18.0. The lowest BCUT2D eigenvalue weighted by atomic mass is 9.91. The van der Waals surface area contributed by atoms with E-state index < -0.39 is 12.0 Å². The summed E-state index contributed by atoms with van der Waals surface area (Å²) in [4.78, 5) is 32.2.